The summed E-state index contributed by atoms with van der Waals surface area (Å²) in [4.78, 5) is 65.7. The lowest BCUT2D eigenvalue weighted by molar-refractivity contribution is -0.297. The minimum absolute atomic E-state index is 0.0799. The predicted molar refractivity (Wildman–Crippen MR) is 118 cm³/mol. The average molecular weight is 573 g/mol. The van der Waals surface area contributed by atoms with Crippen LogP contribution in [0, 0.1) is 5.41 Å². The number of rotatable bonds is 13. The van der Waals surface area contributed by atoms with Crippen LogP contribution < -0.4 is 0 Å². The smallest absolute Gasteiger partial charge is 0.442 e. The van der Waals surface area contributed by atoms with Gasteiger partial charge in [0.2, 0.25) is 0 Å². The SMILES string of the molecule is CC(CF)OC(=O)C(C(=O)OC1(C)CCC1)(C(=O)OC1(C)CC1)C(O[C]=O)(C(=O)OC(C)(C)CF)C(F)(F)F. The van der Waals surface area contributed by atoms with Crippen molar-refractivity contribution in [2.75, 3.05) is 13.3 Å². The van der Waals surface area contributed by atoms with E-state index >= 15 is 13.2 Å². The first-order valence-electron chi connectivity index (χ1n) is 11.9. The Morgan fingerprint density at radius 1 is 0.872 bits per heavy atom. The molecule has 10 nitrogen and oxygen atoms in total. The van der Waals surface area contributed by atoms with Crippen LogP contribution in [-0.2, 0) is 47.7 Å². The molecule has 2 fully saturated rings. The summed E-state index contributed by atoms with van der Waals surface area (Å²) in [6, 6.07) is 0. The second-order valence-electron chi connectivity index (χ2n) is 10.8. The molecule has 0 amide bonds. The minimum atomic E-state index is -6.32. The van der Waals surface area contributed by atoms with Gasteiger partial charge in [0.1, 0.15) is 36.3 Å². The largest absolute Gasteiger partial charge is 0.458 e. The molecule has 0 aromatic rings. The number of carbonyl (C=O) groups is 4. The van der Waals surface area contributed by atoms with E-state index in [1.165, 1.54) is 13.8 Å². The van der Waals surface area contributed by atoms with Crippen LogP contribution in [0.3, 0.4) is 0 Å². The molecule has 15 heteroatoms. The van der Waals surface area contributed by atoms with E-state index in [4.69, 9.17) is 9.47 Å². The number of alkyl halides is 5. The summed E-state index contributed by atoms with van der Waals surface area (Å²) < 4.78 is 95.6. The van der Waals surface area contributed by atoms with E-state index in [-0.39, 0.29) is 25.7 Å². The number of hydrogen-bond donors (Lipinski definition) is 0. The highest BCUT2D eigenvalue weighted by Crippen LogP contribution is 2.53. The topological polar surface area (TPSA) is 132 Å². The van der Waals surface area contributed by atoms with Crippen molar-refractivity contribution in [3.63, 3.8) is 0 Å². The van der Waals surface area contributed by atoms with Crippen LogP contribution in [0.4, 0.5) is 22.0 Å². The Kier molecular flexibility index (Phi) is 8.98. The van der Waals surface area contributed by atoms with Crippen molar-refractivity contribution < 1.29 is 69.6 Å². The Morgan fingerprint density at radius 3 is 1.69 bits per heavy atom. The quantitative estimate of drug-likeness (QED) is 0.140. The molecule has 1 radical (unpaired) electrons. The molecule has 2 rings (SSSR count). The first-order valence-corrected chi connectivity index (χ1v) is 11.9. The molecule has 0 N–H and O–H groups in total. The summed E-state index contributed by atoms with van der Waals surface area (Å²) >= 11 is 0. The summed E-state index contributed by atoms with van der Waals surface area (Å²) in [6.07, 6.45) is -7.43. The number of carbonyl (C=O) groups excluding carboxylic acids is 5. The molecule has 3 atom stereocenters. The predicted octanol–water partition coefficient (Wildman–Crippen LogP) is 3.13. The normalized spacial score (nSPS) is 21.5. The van der Waals surface area contributed by atoms with Crippen LogP contribution in [-0.4, -0.2) is 78.4 Å². The zero-order valence-corrected chi connectivity index (χ0v) is 22.0. The van der Waals surface area contributed by atoms with Gasteiger partial charge >= 0.3 is 47.5 Å². The van der Waals surface area contributed by atoms with Gasteiger partial charge in [-0.3, -0.25) is 0 Å². The number of hydrogen-bond acceptors (Lipinski definition) is 10. The maximum Gasteiger partial charge on any atom is 0.442 e. The van der Waals surface area contributed by atoms with Crippen molar-refractivity contribution in [3.05, 3.63) is 0 Å². The van der Waals surface area contributed by atoms with E-state index in [1.807, 2.05) is 0 Å². The maximum absolute atomic E-state index is 15.1. The zero-order chi connectivity index (χ0) is 30.1. The molecule has 2 aliphatic rings. The summed E-state index contributed by atoms with van der Waals surface area (Å²) in [5.41, 5.74) is -15.2. The molecule has 0 aromatic heterocycles. The zero-order valence-electron chi connectivity index (χ0n) is 22.0. The van der Waals surface area contributed by atoms with E-state index in [0.717, 1.165) is 20.8 Å². The standard InChI is InChI=1S/C24H30F5O10/c1-14(11-25)36-15(31)22(17(33)39-21(5)9-10-21,16(32)38-20(4)7-6-8-20)23(35-13-30,24(27,28)29)18(34)37-19(2,3)12-26/h14H,6-12H2,1-5H3. The highest BCUT2D eigenvalue weighted by Gasteiger charge is 2.88. The van der Waals surface area contributed by atoms with Crippen molar-refractivity contribution in [2.45, 2.75) is 101 Å². The Bertz CT molecular complexity index is 988. The van der Waals surface area contributed by atoms with Gasteiger partial charge in [-0.15, -0.1) is 0 Å². The molecular weight excluding hydrogens is 543 g/mol. The Balaban J connectivity index is 3.00. The van der Waals surface area contributed by atoms with Gasteiger partial charge in [0.25, 0.3) is 0 Å². The first-order chi connectivity index (χ1) is 17.8. The fourth-order valence-electron chi connectivity index (χ4n) is 3.71. The maximum atomic E-state index is 15.1. The van der Waals surface area contributed by atoms with E-state index in [9.17, 15) is 32.8 Å². The van der Waals surface area contributed by atoms with Gasteiger partial charge in [0, 0.05) is 0 Å². The number of esters is 4. The highest BCUT2D eigenvalue weighted by atomic mass is 19.4. The van der Waals surface area contributed by atoms with Gasteiger partial charge < -0.3 is 23.7 Å². The minimum Gasteiger partial charge on any atom is -0.458 e. The van der Waals surface area contributed by atoms with Gasteiger partial charge in [-0.2, -0.15) is 13.2 Å². The van der Waals surface area contributed by atoms with Crippen molar-refractivity contribution in [2.24, 2.45) is 5.41 Å². The third kappa shape index (κ3) is 5.96. The number of halogens is 5. The molecule has 0 saturated heterocycles. The molecule has 2 aliphatic carbocycles. The van der Waals surface area contributed by atoms with Crippen molar-refractivity contribution in [1.29, 1.82) is 0 Å². The molecule has 2 saturated carbocycles. The molecular formula is C24H30F5O10. The van der Waals surface area contributed by atoms with Crippen molar-refractivity contribution in [1.82, 2.24) is 0 Å². The Labute approximate surface area is 220 Å². The van der Waals surface area contributed by atoms with Gasteiger partial charge in [-0.05, 0) is 66.7 Å². The van der Waals surface area contributed by atoms with Crippen LogP contribution in [0.1, 0.15) is 66.7 Å². The van der Waals surface area contributed by atoms with Crippen molar-refractivity contribution >= 4 is 30.3 Å². The summed E-state index contributed by atoms with van der Waals surface area (Å²) in [5.74, 6) is -9.90. The lowest BCUT2D eigenvalue weighted by Gasteiger charge is -2.45. The fourth-order valence-corrected chi connectivity index (χ4v) is 3.71. The number of ether oxygens (including phenoxy) is 5. The van der Waals surface area contributed by atoms with Crippen LogP contribution in [0.25, 0.3) is 0 Å². The third-order valence-corrected chi connectivity index (χ3v) is 6.59. The molecule has 39 heavy (non-hydrogen) atoms. The molecule has 0 bridgehead atoms. The van der Waals surface area contributed by atoms with Gasteiger partial charge in [-0.1, -0.05) is 0 Å². The molecule has 0 aromatic carbocycles. The molecule has 221 valence electrons. The highest BCUT2D eigenvalue weighted by molar-refractivity contribution is 6.23. The van der Waals surface area contributed by atoms with E-state index < -0.39 is 77.3 Å². The van der Waals surface area contributed by atoms with E-state index in [1.54, 1.807) is 0 Å². The second kappa shape index (κ2) is 10.9. The van der Waals surface area contributed by atoms with Crippen LogP contribution in [0.15, 0.2) is 0 Å². The van der Waals surface area contributed by atoms with Crippen LogP contribution >= 0.6 is 0 Å². The lowest BCUT2D eigenvalue weighted by Crippen LogP contribution is -2.75. The van der Waals surface area contributed by atoms with Crippen LogP contribution in [0.5, 0.6) is 0 Å². The van der Waals surface area contributed by atoms with Gasteiger partial charge in [0.15, 0.2) is 0 Å². The molecule has 0 spiro atoms. The first kappa shape index (κ1) is 32.2. The Morgan fingerprint density at radius 2 is 1.36 bits per heavy atom. The van der Waals surface area contributed by atoms with Gasteiger partial charge in [-0.25, -0.2) is 32.8 Å². The summed E-state index contributed by atoms with van der Waals surface area (Å²) in [5, 5.41) is 0. The van der Waals surface area contributed by atoms with E-state index in [0.29, 0.717) is 12.9 Å². The Hall–Kier alpha value is -3.00. The second-order valence-corrected chi connectivity index (χ2v) is 10.8. The van der Waals surface area contributed by atoms with Crippen LogP contribution in [0.2, 0.25) is 0 Å². The summed E-state index contributed by atoms with van der Waals surface area (Å²) in [6.45, 7) is 2.28. The monoisotopic (exact) mass is 573 g/mol. The lowest BCUT2D eigenvalue weighted by atomic mass is 9.69. The average Bonchev–Trinajstić information content (AvgIpc) is 3.52. The summed E-state index contributed by atoms with van der Waals surface area (Å²) in [7, 11) is 0. The molecule has 0 aliphatic heterocycles. The molecule has 3 unspecified atom stereocenters. The van der Waals surface area contributed by atoms with E-state index in [2.05, 4.69) is 14.2 Å². The third-order valence-electron chi connectivity index (χ3n) is 6.59. The van der Waals surface area contributed by atoms with Crippen molar-refractivity contribution in [3.8, 4) is 0 Å². The molecule has 0 heterocycles. The fraction of sp³-hybridized carbons (Fsp3) is 0.792. The van der Waals surface area contributed by atoms with Gasteiger partial charge in [0.05, 0.1) is 0 Å².